The first-order valence-corrected chi connectivity index (χ1v) is 8.48. The first kappa shape index (κ1) is 20.2. The fraction of sp³-hybridized carbons (Fsp3) is 0.286. The van der Waals surface area contributed by atoms with Crippen molar-refractivity contribution in [1.29, 1.82) is 0 Å². The van der Waals surface area contributed by atoms with Crippen LogP contribution < -0.4 is 24.7 Å². The third kappa shape index (κ3) is 4.16. The molecule has 0 aliphatic carbocycles. The molecule has 0 saturated carbocycles. The van der Waals surface area contributed by atoms with Gasteiger partial charge in [-0.3, -0.25) is 4.79 Å². The summed E-state index contributed by atoms with van der Waals surface area (Å²) in [5.74, 6) is 1.57. The zero-order chi connectivity index (χ0) is 20.0. The number of methoxy groups -OCH3 is 4. The summed E-state index contributed by atoms with van der Waals surface area (Å²) in [4.78, 5) is 12.4. The summed E-state index contributed by atoms with van der Waals surface area (Å²) in [7, 11) is 6.19. The van der Waals surface area contributed by atoms with Crippen LogP contribution >= 0.6 is 0 Å². The number of ether oxygens (including phenoxy) is 4. The number of nitrogens with two attached hydrogens (primary N) is 1. The highest BCUT2D eigenvalue weighted by molar-refractivity contribution is 6.26. The molecule has 2 N–H and O–H groups in total. The van der Waals surface area contributed by atoms with E-state index in [1.807, 2.05) is 31.2 Å². The van der Waals surface area contributed by atoms with Gasteiger partial charge in [0.15, 0.2) is 11.5 Å². The summed E-state index contributed by atoms with van der Waals surface area (Å²) in [6.07, 6.45) is 0.612. The molecule has 6 heteroatoms. The van der Waals surface area contributed by atoms with Crippen molar-refractivity contribution >= 4 is 17.1 Å². The van der Waals surface area contributed by atoms with Gasteiger partial charge in [0.25, 0.3) is 0 Å². The largest absolute Gasteiger partial charge is 0.497 e. The minimum atomic E-state index is -0.531. The third-order valence-corrected chi connectivity index (χ3v) is 4.29. The van der Waals surface area contributed by atoms with Crippen LogP contribution in [0.4, 0.5) is 0 Å². The number of hydrogen-bond acceptors (Lipinski definition) is 5. The van der Waals surface area contributed by atoms with Crippen LogP contribution in [0.1, 0.15) is 24.5 Å². The van der Waals surface area contributed by atoms with E-state index in [4.69, 9.17) is 24.7 Å². The zero-order valence-corrected chi connectivity index (χ0v) is 16.3. The second-order valence-electron chi connectivity index (χ2n) is 5.71. The zero-order valence-electron chi connectivity index (χ0n) is 16.3. The van der Waals surface area contributed by atoms with Gasteiger partial charge in [0.2, 0.25) is 11.7 Å². The minimum absolute atomic E-state index is 0.405. The van der Waals surface area contributed by atoms with E-state index in [9.17, 15) is 4.79 Å². The molecule has 0 heterocycles. The molecule has 27 heavy (non-hydrogen) atoms. The number of amides is 1. The van der Waals surface area contributed by atoms with E-state index in [1.165, 1.54) is 21.3 Å². The van der Waals surface area contributed by atoms with E-state index in [0.29, 0.717) is 34.8 Å². The highest BCUT2D eigenvalue weighted by Gasteiger charge is 2.21. The van der Waals surface area contributed by atoms with Crippen molar-refractivity contribution in [2.24, 2.45) is 5.73 Å². The van der Waals surface area contributed by atoms with Gasteiger partial charge in [0.05, 0.1) is 34.0 Å². The standard InChI is InChI=1S/C21H25NO5/c1-6-16(13-7-9-15(24-2)10-8-13)19(21(22)23)14-11-17(25-3)20(27-5)18(12-14)26-4/h7-12H,6H2,1-5H3,(H2,22,23). The van der Waals surface area contributed by atoms with Crippen molar-refractivity contribution in [1.82, 2.24) is 0 Å². The van der Waals surface area contributed by atoms with E-state index in [2.05, 4.69) is 0 Å². The Morgan fingerprint density at radius 1 is 0.852 bits per heavy atom. The van der Waals surface area contributed by atoms with Crippen LogP contribution in [0.3, 0.4) is 0 Å². The Bertz CT molecular complexity index is 815. The lowest BCUT2D eigenvalue weighted by molar-refractivity contribution is -0.112. The summed E-state index contributed by atoms with van der Waals surface area (Å²) in [5, 5.41) is 0. The smallest absolute Gasteiger partial charge is 0.249 e. The molecular formula is C21H25NO5. The molecule has 0 atom stereocenters. The maximum atomic E-state index is 12.4. The Morgan fingerprint density at radius 2 is 1.41 bits per heavy atom. The normalized spacial score (nSPS) is 11.4. The molecular weight excluding hydrogens is 346 g/mol. The Labute approximate surface area is 159 Å². The Balaban J connectivity index is 2.74. The summed E-state index contributed by atoms with van der Waals surface area (Å²) >= 11 is 0. The monoisotopic (exact) mass is 371 g/mol. The number of primary amides is 1. The van der Waals surface area contributed by atoms with Crippen molar-refractivity contribution in [2.45, 2.75) is 13.3 Å². The third-order valence-electron chi connectivity index (χ3n) is 4.29. The second-order valence-corrected chi connectivity index (χ2v) is 5.71. The van der Waals surface area contributed by atoms with Crippen molar-refractivity contribution < 1.29 is 23.7 Å². The highest BCUT2D eigenvalue weighted by Crippen LogP contribution is 2.41. The topological polar surface area (TPSA) is 80.0 Å². The van der Waals surface area contributed by atoms with E-state index >= 15 is 0 Å². The van der Waals surface area contributed by atoms with Gasteiger partial charge in [-0.2, -0.15) is 0 Å². The van der Waals surface area contributed by atoms with Crippen LogP contribution in [-0.4, -0.2) is 34.3 Å². The van der Waals surface area contributed by atoms with Crippen LogP contribution in [0, 0.1) is 0 Å². The van der Waals surface area contributed by atoms with Crippen LogP contribution in [0.25, 0.3) is 11.1 Å². The number of carbonyl (C=O) groups is 1. The highest BCUT2D eigenvalue weighted by atomic mass is 16.5. The van der Waals surface area contributed by atoms with E-state index in [0.717, 1.165) is 16.9 Å². The van der Waals surface area contributed by atoms with Crippen LogP contribution in [0.15, 0.2) is 36.4 Å². The second kappa shape index (κ2) is 8.98. The predicted molar refractivity (Wildman–Crippen MR) is 105 cm³/mol. The number of allylic oxidation sites excluding steroid dienone is 1. The molecule has 144 valence electrons. The van der Waals surface area contributed by atoms with Gasteiger partial charge in [-0.25, -0.2) is 0 Å². The molecule has 0 spiro atoms. The van der Waals surface area contributed by atoms with E-state index < -0.39 is 5.91 Å². The molecule has 0 radical (unpaired) electrons. The van der Waals surface area contributed by atoms with Crippen molar-refractivity contribution in [2.75, 3.05) is 28.4 Å². The molecule has 0 aliphatic heterocycles. The Hall–Kier alpha value is -3.15. The van der Waals surface area contributed by atoms with Crippen LogP contribution in [0.2, 0.25) is 0 Å². The molecule has 0 aromatic heterocycles. The van der Waals surface area contributed by atoms with E-state index in [-0.39, 0.29) is 0 Å². The lowest BCUT2D eigenvalue weighted by atomic mass is 9.92. The number of carbonyl (C=O) groups excluding carboxylic acids is 1. The fourth-order valence-corrected chi connectivity index (χ4v) is 3.01. The summed E-state index contributed by atoms with van der Waals surface area (Å²) < 4.78 is 21.4. The molecule has 2 aromatic rings. The van der Waals surface area contributed by atoms with Gasteiger partial charge in [0, 0.05) is 0 Å². The molecule has 0 aliphatic rings. The average molecular weight is 371 g/mol. The molecule has 0 unspecified atom stereocenters. The van der Waals surface area contributed by atoms with Gasteiger partial charge in [-0.05, 0) is 47.4 Å². The maximum absolute atomic E-state index is 12.4. The molecule has 6 nitrogen and oxygen atoms in total. The number of rotatable bonds is 8. The van der Waals surface area contributed by atoms with Gasteiger partial charge < -0.3 is 24.7 Å². The number of hydrogen-bond donors (Lipinski definition) is 1. The SMILES string of the molecule is CCC(=C(C(N)=O)c1cc(OC)c(OC)c(OC)c1)c1ccc(OC)cc1. The van der Waals surface area contributed by atoms with Gasteiger partial charge in [-0.15, -0.1) is 0 Å². The summed E-state index contributed by atoms with van der Waals surface area (Å²) in [6.45, 7) is 1.97. The Morgan fingerprint density at radius 3 is 1.78 bits per heavy atom. The van der Waals surface area contributed by atoms with E-state index in [1.54, 1.807) is 19.2 Å². The first-order chi connectivity index (χ1) is 13.0. The van der Waals surface area contributed by atoms with Gasteiger partial charge in [-0.1, -0.05) is 19.1 Å². The van der Waals surface area contributed by atoms with Crippen LogP contribution in [-0.2, 0) is 4.79 Å². The van der Waals surface area contributed by atoms with Crippen molar-refractivity contribution in [3.8, 4) is 23.0 Å². The lowest BCUT2D eigenvalue weighted by Gasteiger charge is -2.17. The van der Waals surface area contributed by atoms with Crippen molar-refractivity contribution in [3.05, 3.63) is 47.5 Å². The molecule has 0 saturated heterocycles. The molecule has 0 fully saturated rings. The molecule has 2 aromatic carbocycles. The van der Waals surface area contributed by atoms with Gasteiger partial charge >= 0.3 is 0 Å². The summed E-state index contributed by atoms with van der Waals surface area (Å²) in [6, 6.07) is 10.9. The first-order valence-electron chi connectivity index (χ1n) is 8.48. The fourth-order valence-electron chi connectivity index (χ4n) is 3.01. The predicted octanol–water partition coefficient (Wildman–Crippen LogP) is 3.53. The summed E-state index contributed by atoms with van der Waals surface area (Å²) in [5.41, 5.74) is 8.47. The van der Waals surface area contributed by atoms with Crippen LogP contribution in [0.5, 0.6) is 23.0 Å². The average Bonchev–Trinajstić information content (AvgIpc) is 2.70. The quantitative estimate of drug-likeness (QED) is 0.567. The molecule has 2 rings (SSSR count). The lowest BCUT2D eigenvalue weighted by Crippen LogP contribution is -2.15. The number of benzene rings is 2. The van der Waals surface area contributed by atoms with Crippen molar-refractivity contribution in [3.63, 3.8) is 0 Å². The maximum Gasteiger partial charge on any atom is 0.249 e. The Kier molecular flexibility index (Phi) is 6.71. The van der Waals surface area contributed by atoms with Gasteiger partial charge in [0.1, 0.15) is 5.75 Å². The molecule has 1 amide bonds. The minimum Gasteiger partial charge on any atom is -0.497 e. The molecule has 0 bridgehead atoms.